The van der Waals surface area contributed by atoms with Gasteiger partial charge < -0.3 is 4.99 Å². The van der Waals surface area contributed by atoms with Crippen LogP contribution in [0.25, 0.3) is 0 Å². The van der Waals surface area contributed by atoms with Gasteiger partial charge in [0, 0.05) is 13.3 Å². The van der Waals surface area contributed by atoms with E-state index in [4.69, 9.17) is 0 Å². The van der Waals surface area contributed by atoms with Crippen LogP contribution in [0.5, 0.6) is 0 Å². The molecule has 3 unspecified atom stereocenters. The molecule has 0 amide bonds. The molecule has 1 saturated carbocycles. The third-order valence-corrected chi connectivity index (χ3v) is 4.09. The van der Waals surface area contributed by atoms with Gasteiger partial charge in [0.25, 0.3) is 0 Å². The molecule has 1 nitrogen and oxygen atoms in total. The van der Waals surface area contributed by atoms with E-state index in [2.05, 4.69) is 23.4 Å². The van der Waals surface area contributed by atoms with E-state index >= 15 is 0 Å². The second kappa shape index (κ2) is 5.48. The van der Waals surface area contributed by atoms with E-state index in [1.807, 2.05) is 7.05 Å². The monoisotopic (exact) mass is 205 g/mol. The zero-order chi connectivity index (χ0) is 10.5. The molecular weight excluding hydrogens is 182 g/mol. The van der Waals surface area contributed by atoms with Gasteiger partial charge in [-0.25, -0.2) is 0 Å². The van der Waals surface area contributed by atoms with E-state index in [-0.39, 0.29) is 0 Å². The molecule has 0 aromatic carbocycles. The first kappa shape index (κ1) is 10.9. The van der Waals surface area contributed by atoms with Crippen molar-refractivity contribution in [2.45, 2.75) is 44.9 Å². The highest BCUT2D eigenvalue weighted by molar-refractivity contribution is 5.60. The molecule has 0 N–H and O–H groups in total. The van der Waals surface area contributed by atoms with Crippen LogP contribution in [0.1, 0.15) is 44.9 Å². The zero-order valence-electron chi connectivity index (χ0n) is 9.86. The molecule has 1 fully saturated rings. The maximum absolute atomic E-state index is 4.20. The first-order valence-electron chi connectivity index (χ1n) is 6.47. The third-order valence-electron chi connectivity index (χ3n) is 4.09. The Labute approximate surface area is 93.7 Å². The summed E-state index contributed by atoms with van der Waals surface area (Å²) in [4.78, 5) is 4.20. The predicted octanol–water partition coefficient (Wildman–Crippen LogP) is 3.85. The van der Waals surface area contributed by atoms with Crippen LogP contribution in [-0.4, -0.2) is 13.3 Å². The summed E-state index contributed by atoms with van der Waals surface area (Å²) in [6.07, 6.45) is 16.7. The molecule has 0 radical (unpaired) electrons. The van der Waals surface area contributed by atoms with Crippen molar-refractivity contribution in [1.82, 2.24) is 0 Å². The Morgan fingerprint density at radius 2 is 2.07 bits per heavy atom. The quantitative estimate of drug-likeness (QED) is 0.479. The highest BCUT2D eigenvalue weighted by Gasteiger charge is 2.27. The van der Waals surface area contributed by atoms with Crippen molar-refractivity contribution >= 4 is 6.21 Å². The van der Waals surface area contributed by atoms with Crippen LogP contribution in [-0.2, 0) is 0 Å². The van der Waals surface area contributed by atoms with Crippen molar-refractivity contribution in [3.63, 3.8) is 0 Å². The summed E-state index contributed by atoms with van der Waals surface area (Å²) in [5.41, 5.74) is 0. The Hall–Kier alpha value is -0.590. The second-order valence-electron chi connectivity index (χ2n) is 5.14. The lowest BCUT2D eigenvalue weighted by Crippen LogP contribution is -2.24. The minimum Gasteiger partial charge on any atom is -0.301 e. The molecule has 1 heteroatoms. The first-order chi connectivity index (χ1) is 7.40. The predicted molar refractivity (Wildman–Crippen MR) is 66.3 cm³/mol. The van der Waals surface area contributed by atoms with Gasteiger partial charge in [-0.3, -0.25) is 0 Å². The van der Waals surface area contributed by atoms with Crippen molar-refractivity contribution < 1.29 is 0 Å². The topological polar surface area (TPSA) is 12.4 Å². The molecule has 0 bridgehead atoms. The maximum Gasteiger partial charge on any atom is 0.0273 e. The van der Waals surface area contributed by atoms with Gasteiger partial charge in [0.1, 0.15) is 0 Å². The average molecular weight is 205 g/mol. The van der Waals surface area contributed by atoms with Crippen LogP contribution in [0.2, 0.25) is 0 Å². The largest absolute Gasteiger partial charge is 0.301 e. The number of rotatable bonds is 2. The van der Waals surface area contributed by atoms with E-state index in [1.54, 1.807) is 0 Å². The van der Waals surface area contributed by atoms with Crippen LogP contribution in [0.15, 0.2) is 17.1 Å². The van der Waals surface area contributed by atoms with E-state index in [1.165, 1.54) is 44.9 Å². The summed E-state index contributed by atoms with van der Waals surface area (Å²) in [7, 11) is 1.91. The van der Waals surface area contributed by atoms with Crippen molar-refractivity contribution in [1.29, 1.82) is 0 Å². The van der Waals surface area contributed by atoms with Gasteiger partial charge >= 0.3 is 0 Å². The molecule has 0 saturated heterocycles. The van der Waals surface area contributed by atoms with Gasteiger partial charge in [0.05, 0.1) is 0 Å². The Bertz CT molecular complexity index is 242. The molecule has 84 valence electrons. The van der Waals surface area contributed by atoms with Crippen LogP contribution < -0.4 is 0 Å². The van der Waals surface area contributed by atoms with Crippen LogP contribution >= 0.6 is 0 Å². The SMILES string of the molecule is CN=CC1CCCC(C2CC=CCC2)C1. The second-order valence-corrected chi connectivity index (χ2v) is 5.14. The van der Waals surface area contributed by atoms with E-state index in [9.17, 15) is 0 Å². The first-order valence-corrected chi connectivity index (χ1v) is 6.47. The van der Waals surface area contributed by atoms with Gasteiger partial charge in [0.2, 0.25) is 0 Å². The summed E-state index contributed by atoms with van der Waals surface area (Å²) in [6.45, 7) is 0. The highest BCUT2D eigenvalue weighted by Crippen LogP contribution is 2.38. The normalized spacial score (nSPS) is 37.3. The summed E-state index contributed by atoms with van der Waals surface area (Å²) in [5, 5.41) is 0. The maximum atomic E-state index is 4.20. The fourth-order valence-corrected chi connectivity index (χ4v) is 3.29. The van der Waals surface area contributed by atoms with Gasteiger partial charge in [-0.05, 0) is 49.9 Å². The molecule has 3 atom stereocenters. The Morgan fingerprint density at radius 1 is 1.13 bits per heavy atom. The minimum atomic E-state index is 0.777. The zero-order valence-corrected chi connectivity index (χ0v) is 9.86. The molecule has 0 aromatic rings. The Morgan fingerprint density at radius 3 is 2.80 bits per heavy atom. The van der Waals surface area contributed by atoms with Crippen LogP contribution in [0.4, 0.5) is 0 Å². The van der Waals surface area contributed by atoms with Gasteiger partial charge in [-0.1, -0.05) is 25.0 Å². The van der Waals surface area contributed by atoms with Crippen molar-refractivity contribution in [3.8, 4) is 0 Å². The van der Waals surface area contributed by atoms with Crippen LogP contribution in [0.3, 0.4) is 0 Å². The molecule has 0 aliphatic heterocycles. The van der Waals surface area contributed by atoms with Crippen molar-refractivity contribution in [3.05, 3.63) is 12.2 Å². The van der Waals surface area contributed by atoms with Crippen molar-refractivity contribution in [2.24, 2.45) is 22.7 Å². The number of aliphatic imine (C=N–C) groups is 1. The molecular formula is C14H23N. The third kappa shape index (κ3) is 2.93. The summed E-state index contributed by atoms with van der Waals surface area (Å²) < 4.78 is 0. The lowest BCUT2D eigenvalue weighted by molar-refractivity contribution is 0.214. The highest BCUT2D eigenvalue weighted by atomic mass is 14.6. The lowest BCUT2D eigenvalue weighted by Gasteiger charge is -2.34. The molecule has 2 aliphatic carbocycles. The summed E-state index contributed by atoms with van der Waals surface area (Å²) >= 11 is 0. The molecule has 15 heavy (non-hydrogen) atoms. The smallest absolute Gasteiger partial charge is 0.0273 e. The van der Waals surface area contributed by atoms with E-state index < -0.39 is 0 Å². The average Bonchev–Trinajstić information content (AvgIpc) is 2.31. The fourth-order valence-electron chi connectivity index (χ4n) is 3.29. The van der Waals surface area contributed by atoms with Crippen molar-refractivity contribution in [2.75, 3.05) is 7.05 Å². The minimum absolute atomic E-state index is 0.777. The fraction of sp³-hybridized carbons (Fsp3) is 0.786. The molecule has 0 spiro atoms. The van der Waals surface area contributed by atoms with Crippen LogP contribution in [0, 0.1) is 17.8 Å². The van der Waals surface area contributed by atoms with Gasteiger partial charge in [-0.2, -0.15) is 0 Å². The van der Waals surface area contributed by atoms with Gasteiger partial charge in [0.15, 0.2) is 0 Å². The van der Waals surface area contributed by atoms with E-state index in [0.717, 1.165) is 17.8 Å². The summed E-state index contributed by atoms with van der Waals surface area (Å²) in [5.74, 6) is 2.73. The molecule has 2 rings (SSSR count). The Balaban J connectivity index is 1.88. The molecule has 2 aliphatic rings. The van der Waals surface area contributed by atoms with E-state index in [0.29, 0.717) is 0 Å². The van der Waals surface area contributed by atoms with Gasteiger partial charge in [-0.15, -0.1) is 0 Å². The number of allylic oxidation sites excluding steroid dienone is 2. The molecule has 0 heterocycles. The number of nitrogens with zero attached hydrogens (tertiary/aromatic N) is 1. The lowest BCUT2D eigenvalue weighted by atomic mass is 9.72. The standard InChI is InChI=1S/C14H23N/c1-15-11-12-6-5-9-14(10-12)13-7-3-2-4-8-13/h2-3,11-14H,4-10H2,1H3. The Kier molecular flexibility index (Phi) is 3.99. The number of hydrogen-bond donors (Lipinski definition) is 0. The summed E-state index contributed by atoms with van der Waals surface area (Å²) in [6, 6.07) is 0. The number of hydrogen-bond acceptors (Lipinski definition) is 1. The molecule has 0 aromatic heterocycles.